The SMILES string of the molecule is Cc1ccc(OCC(O)CN(C)C(=O)C(C)Oc2ccccc2)c(C)c1. The molecule has 0 radical (unpaired) electrons. The summed E-state index contributed by atoms with van der Waals surface area (Å²) in [4.78, 5) is 13.9. The van der Waals surface area contributed by atoms with Crippen LogP contribution in [0.5, 0.6) is 11.5 Å². The summed E-state index contributed by atoms with van der Waals surface area (Å²) in [5.74, 6) is 1.18. The molecule has 5 heteroatoms. The molecule has 0 fully saturated rings. The Morgan fingerprint density at radius 1 is 1.15 bits per heavy atom. The molecule has 0 saturated carbocycles. The Balaban J connectivity index is 1.81. The molecule has 0 heterocycles. The van der Waals surface area contributed by atoms with E-state index in [0.717, 1.165) is 16.9 Å². The highest BCUT2D eigenvalue weighted by Gasteiger charge is 2.21. The van der Waals surface area contributed by atoms with E-state index in [1.165, 1.54) is 4.90 Å². The lowest BCUT2D eigenvalue weighted by Gasteiger charge is -2.24. The average Bonchev–Trinajstić information content (AvgIpc) is 2.61. The van der Waals surface area contributed by atoms with Crippen molar-refractivity contribution in [2.75, 3.05) is 20.2 Å². The van der Waals surface area contributed by atoms with Crippen LogP contribution in [0, 0.1) is 13.8 Å². The predicted octanol–water partition coefficient (Wildman–Crippen LogP) is 2.97. The molecule has 1 N–H and O–H groups in total. The number of rotatable bonds is 8. The van der Waals surface area contributed by atoms with Crippen LogP contribution in [-0.4, -0.2) is 48.3 Å². The molecule has 2 rings (SSSR count). The van der Waals surface area contributed by atoms with Crippen LogP contribution in [0.25, 0.3) is 0 Å². The molecule has 0 saturated heterocycles. The molecule has 0 aliphatic carbocycles. The molecule has 26 heavy (non-hydrogen) atoms. The number of para-hydroxylation sites is 1. The Kier molecular flexibility index (Phi) is 7.04. The number of nitrogens with zero attached hydrogens (tertiary/aromatic N) is 1. The van der Waals surface area contributed by atoms with Crippen molar-refractivity contribution in [2.24, 2.45) is 0 Å². The smallest absolute Gasteiger partial charge is 0.263 e. The summed E-state index contributed by atoms with van der Waals surface area (Å²) in [7, 11) is 1.65. The average molecular weight is 357 g/mol. The maximum atomic E-state index is 12.4. The number of aryl methyl sites for hydroxylation is 2. The molecule has 0 aliphatic rings. The van der Waals surface area contributed by atoms with Gasteiger partial charge in [-0.15, -0.1) is 0 Å². The van der Waals surface area contributed by atoms with Crippen molar-refractivity contribution >= 4 is 5.91 Å². The van der Waals surface area contributed by atoms with Crippen molar-refractivity contribution in [1.82, 2.24) is 4.90 Å². The second-order valence-corrected chi connectivity index (χ2v) is 6.53. The highest BCUT2D eigenvalue weighted by Crippen LogP contribution is 2.19. The Morgan fingerprint density at radius 3 is 2.50 bits per heavy atom. The van der Waals surface area contributed by atoms with Gasteiger partial charge in [-0.1, -0.05) is 35.9 Å². The van der Waals surface area contributed by atoms with E-state index in [1.54, 1.807) is 26.1 Å². The van der Waals surface area contributed by atoms with Crippen LogP contribution in [0.2, 0.25) is 0 Å². The first-order valence-electron chi connectivity index (χ1n) is 8.71. The van der Waals surface area contributed by atoms with Gasteiger partial charge in [0.15, 0.2) is 6.10 Å². The third-order valence-electron chi connectivity index (χ3n) is 4.03. The summed E-state index contributed by atoms with van der Waals surface area (Å²) in [6, 6.07) is 15.1. The predicted molar refractivity (Wildman–Crippen MR) is 102 cm³/mol. The third kappa shape index (κ3) is 5.77. The van der Waals surface area contributed by atoms with E-state index < -0.39 is 12.2 Å². The van der Waals surface area contributed by atoms with Crippen LogP contribution in [0.15, 0.2) is 48.5 Å². The second-order valence-electron chi connectivity index (χ2n) is 6.53. The minimum absolute atomic E-state index is 0.120. The van der Waals surface area contributed by atoms with Crippen LogP contribution in [-0.2, 0) is 4.79 Å². The van der Waals surface area contributed by atoms with Gasteiger partial charge in [0.1, 0.15) is 24.2 Å². The van der Waals surface area contributed by atoms with Gasteiger partial charge in [0.25, 0.3) is 5.91 Å². The van der Waals surface area contributed by atoms with E-state index >= 15 is 0 Å². The van der Waals surface area contributed by atoms with Gasteiger partial charge in [-0.05, 0) is 44.5 Å². The fraction of sp³-hybridized carbons (Fsp3) is 0.381. The maximum absolute atomic E-state index is 12.4. The summed E-state index contributed by atoms with van der Waals surface area (Å²) in [6.07, 6.45) is -1.41. The molecule has 2 atom stereocenters. The first-order chi connectivity index (χ1) is 12.4. The van der Waals surface area contributed by atoms with Gasteiger partial charge >= 0.3 is 0 Å². The number of benzene rings is 2. The summed E-state index contributed by atoms with van der Waals surface area (Å²) in [6.45, 7) is 5.98. The number of ether oxygens (including phenoxy) is 2. The van der Waals surface area contributed by atoms with Crippen LogP contribution in [0.4, 0.5) is 0 Å². The van der Waals surface area contributed by atoms with Crippen molar-refractivity contribution in [3.8, 4) is 11.5 Å². The highest BCUT2D eigenvalue weighted by atomic mass is 16.5. The molecular weight excluding hydrogens is 330 g/mol. The number of hydrogen-bond acceptors (Lipinski definition) is 4. The molecule has 140 valence electrons. The lowest BCUT2D eigenvalue weighted by atomic mass is 10.1. The highest BCUT2D eigenvalue weighted by molar-refractivity contribution is 5.80. The van der Waals surface area contributed by atoms with Crippen LogP contribution >= 0.6 is 0 Å². The second kappa shape index (κ2) is 9.25. The molecule has 0 spiro atoms. The van der Waals surface area contributed by atoms with Gasteiger partial charge < -0.3 is 19.5 Å². The van der Waals surface area contributed by atoms with Gasteiger partial charge in [0, 0.05) is 13.6 Å². The fourth-order valence-electron chi connectivity index (χ4n) is 2.67. The number of likely N-dealkylation sites (N-methyl/N-ethyl adjacent to an activating group) is 1. The molecule has 0 bridgehead atoms. The quantitative estimate of drug-likeness (QED) is 0.789. The zero-order valence-electron chi connectivity index (χ0n) is 15.8. The van der Waals surface area contributed by atoms with Crippen molar-refractivity contribution in [1.29, 1.82) is 0 Å². The Bertz CT molecular complexity index is 717. The van der Waals surface area contributed by atoms with Gasteiger partial charge in [0.2, 0.25) is 0 Å². The van der Waals surface area contributed by atoms with Crippen molar-refractivity contribution in [3.63, 3.8) is 0 Å². The molecule has 0 aliphatic heterocycles. The normalized spacial score (nSPS) is 13.0. The number of carbonyl (C=O) groups is 1. The zero-order valence-corrected chi connectivity index (χ0v) is 15.8. The largest absolute Gasteiger partial charge is 0.491 e. The number of carbonyl (C=O) groups excluding carboxylic acids is 1. The van der Waals surface area contributed by atoms with Crippen molar-refractivity contribution < 1.29 is 19.4 Å². The van der Waals surface area contributed by atoms with Crippen LogP contribution in [0.1, 0.15) is 18.1 Å². The lowest BCUT2D eigenvalue weighted by molar-refractivity contribution is -0.138. The van der Waals surface area contributed by atoms with Crippen LogP contribution < -0.4 is 9.47 Å². The molecule has 2 unspecified atom stereocenters. The maximum Gasteiger partial charge on any atom is 0.263 e. The van der Waals surface area contributed by atoms with E-state index in [-0.39, 0.29) is 19.1 Å². The topological polar surface area (TPSA) is 59.0 Å². The van der Waals surface area contributed by atoms with E-state index in [0.29, 0.717) is 5.75 Å². The third-order valence-corrected chi connectivity index (χ3v) is 4.03. The number of hydrogen-bond donors (Lipinski definition) is 1. The van der Waals surface area contributed by atoms with E-state index in [1.807, 2.05) is 50.2 Å². The number of aliphatic hydroxyl groups is 1. The Labute approximate surface area is 155 Å². The van der Waals surface area contributed by atoms with Gasteiger partial charge in [-0.25, -0.2) is 0 Å². The van der Waals surface area contributed by atoms with E-state index in [9.17, 15) is 9.90 Å². The summed E-state index contributed by atoms with van der Waals surface area (Å²) >= 11 is 0. The van der Waals surface area contributed by atoms with Gasteiger partial charge in [-0.2, -0.15) is 0 Å². The van der Waals surface area contributed by atoms with Gasteiger partial charge in [-0.3, -0.25) is 4.79 Å². The van der Waals surface area contributed by atoms with Crippen molar-refractivity contribution in [3.05, 3.63) is 59.7 Å². The monoisotopic (exact) mass is 357 g/mol. The molecule has 0 aromatic heterocycles. The van der Waals surface area contributed by atoms with Crippen LogP contribution in [0.3, 0.4) is 0 Å². The summed E-state index contributed by atoms with van der Waals surface area (Å²) < 4.78 is 11.3. The molecule has 2 aromatic rings. The van der Waals surface area contributed by atoms with Crippen molar-refractivity contribution in [2.45, 2.75) is 33.0 Å². The molecule has 1 amide bonds. The lowest BCUT2D eigenvalue weighted by Crippen LogP contribution is -2.43. The molecular formula is C21H27NO4. The Morgan fingerprint density at radius 2 is 1.85 bits per heavy atom. The van der Waals surface area contributed by atoms with E-state index in [4.69, 9.17) is 9.47 Å². The number of amides is 1. The standard InChI is InChI=1S/C21H27NO4/c1-15-10-11-20(16(2)12-15)25-14-18(23)13-22(4)21(24)17(3)26-19-8-6-5-7-9-19/h5-12,17-18,23H,13-14H2,1-4H3. The molecule has 5 nitrogen and oxygen atoms in total. The fourth-order valence-corrected chi connectivity index (χ4v) is 2.67. The number of aliphatic hydroxyl groups excluding tert-OH is 1. The minimum Gasteiger partial charge on any atom is -0.491 e. The molecule has 2 aromatic carbocycles. The summed E-state index contributed by atoms with van der Waals surface area (Å²) in [5.41, 5.74) is 2.18. The summed E-state index contributed by atoms with van der Waals surface area (Å²) in [5, 5.41) is 10.2. The minimum atomic E-state index is -0.784. The van der Waals surface area contributed by atoms with Gasteiger partial charge in [0.05, 0.1) is 0 Å². The van der Waals surface area contributed by atoms with E-state index in [2.05, 4.69) is 0 Å². The Hall–Kier alpha value is -2.53. The first kappa shape index (κ1) is 19.8. The zero-order chi connectivity index (χ0) is 19.1. The first-order valence-corrected chi connectivity index (χ1v) is 8.71.